The standard InChI is InChI=1S/C12H24O3/c1-11(2,3)12(4,5)15-9-7-6-8-14-10-13/h10H,6-9H2,1-5H3. The highest BCUT2D eigenvalue weighted by Gasteiger charge is 2.33. The minimum Gasteiger partial charge on any atom is -0.468 e. The summed E-state index contributed by atoms with van der Waals surface area (Å²) in [7, 11) is 0. The molecule has 0 aromatic heterocycles. The Morgan fingerprint density at radius 3 is 2.00 bits per heavy atom. The summed E-state index contributed by atoms with van der Waals surface area (Å²) in [5.41, 5.74) is 0.00477. The van der Waals surface area contributed by atoms with Gasteiger partial charge >= 0.3 is 0 Å². The lowest BCUT2D eigenvalue weighted by Crippen LogP contribution is -2.39. The molecule has 0 radical (unpaired) electrons. The van der Waals surface area contributed by atoms with Crippen LogP contribution < -0.4 is 0 Å². The molecule has 0 rings (SSSR count). The van der Waals surface area contributed by atoms with Gasteiger partial charge in [0.1, 0.15) is 0 Å². The second-order valence-corrected chi connectivity index (χ2v) is 5.28. The highest BCUT2D eigenvalue weighted by molar-refractivity contribution is 5.36. The molecule has 0 aliphatic heterocycles. The fraction of sp³-hybridized carbons (Fsp3) is 0.917. The summed E-state index contributed by atoms with van der Waals surface area (Å²) in [6, 6.07) is 0. The predicted octanol–water partition coefficient (Wildman–Crippen LogP) is 2.78. The van der Waals surface area contributed by atoms with Gasteiger partial charge < -0.3 is 9.47 Å². The first kappa shape index (κ1) is 14.4. The first-order valence-electron chi connectivity index (χ1n) is 5.50. The molecule has 0 aromatic rings. The Morgan fingerprint density at radius 1 is 1.00 bits per heavy atom. The first-order chi connectivity index (χ1) is 6.81. The van der Waals surface area contributed by atoms with Gasteiger partial charge in [0.25, 0.3) is 6.47 Å². The van der Waals surface area contributed by atoms with Crippen molar-refractivity contribution in [2.24, 2.45) is 5.41 Å². The first-order valence-corrected chi connectivity index (χ1v) is 5.50. The van der Waals surface area contributed by atoms with E-state index in [1.807, 2.05) is 0 Å². The van der Waals surface area contributed by atoms with Crippen LogP contribution in [0.2, 0.25) is 0 Å². The summed E-state index contributed by atoms with van der Waals surface area (Å²) in [6.45, 7) is 12.4. The molecule has 15 heavy (non-hydrogen) atoms. The second-order valence-electron chi connectivity index (χ2n) is 5.28. The summed E-state index contributed by atoms with van der Waals surface area (Å²) in [5, 5.41) is 0. The van der Waals surface area contributed by atoms with Crippen molar-refractivity contribution in [2.75, 3.05) is 13.2 Å². The molecule has 0 heterocycles. The predicted molar refractivity (Wildman–Crippen MR) is 60.7 cm³/mol. The van der Waals surface area contributed by atoms with Crippen molar-refractivity contribution in [1.82, 2.24) is 0 Å². The molecule has 0 saturated heterocycles. The van der Waals surface area contributed by atoms with E-state index in [-0.39, 0.29) is 11.0 Å². The quantitative estimate of drug-likeness (QED) is 0.485. The van der Waals surface area contributed by atoms with E-state index in [4.69, 9.17) is 4.74 Å². The van der Waals surface area contributed by atoms with Crippen LogP contribution >= 0.6 is 0 Å². The third-order valence-electron chi connectivity index (χ3n) is 2.99. The van der Waals surface area contributed by atoms with E-state index in [1.54, 1.807) is 0 Å². The van der Waals surface area contributed by atoms with Crippen molar-refractivity contribution in [3.05, 3.63) is 0 Å². The van der Waals surface area contributed by atoms with Crippen LogP contribution in [0.15, 0.2) is 0 Å². The zero-order valence-electron chi connectivity index (χ0n) is 10.6. The molecule has 0 aliphatic rings. The van der Waals surface area contributed by atoms with Crippen molar-refractivity contribution >= 4 is 6.47 Å². The Balaban J connectivity index is 3.62. The molecule has 0 amide bonds. The van der Waals surface area contributed by atoms with Crippen molar-refractivity contribution in [3.63, 3.8) is 0 Å². The highest BCUT2D eigenvalue weighted by atomic mass is 16.5. The van der Waals surface area contributed by atoms with Gasteiger partial charge in [-0.05, 0) is 32.1 Å². The fourth-order valence-electron chi connectivity index (χ4n) is 0.879. The zero-order chi connectivity index (χ0) is 11.9. The monoisotopic (exact) mass is 216 g/mol. The number of hydrogen-bond acceptors (Lipinski definition) is 3. The largest absolute Gasteiger partial charge is 0.468 e. The Kier molecular flexibility index (Phi) is 5.88. The molecule has 0 N–H and O–H groups in total. The minimum atomic E-state index is -0.126. The van der Waals surface area contributed by atoms with Crippen LogP contribution in [0.3, 0.4) is 0 Å². The van der Waals surface area contributed by atoms with Crippen LogP contribution in [-0.2, 0) is 14.3 Å². The number of carbonyl (C=O) groups excluding carboxylic acids is 1. The summed E-state index contributed by atoms with van der Waals surface area (Å²) < 4.78 is 10.4. The zero-order valence-corrected chi connectivity index (χ0v) is 10.6. The number of hydrogen-bond donors (Lipinski definition) is 0. The molecule has 3 heteroatoms. The maximum Gasteiger partial charge on any atom is 0.293 e. The molecule has 0 bridgehead atoms. The Bertz CT molecular complexity index is 180. The summed E-state index contributed by atoms with van der Waals surface area (Å²) in [4.78, 5) is 9.87. The van der Waals surface area contributed by atoms with Crippen molar-refractivity contribution in [2.45, 2.75) is 53.1 Å². The topological polar surface area (TPSA) is 35.5 Å². The lowest BCUT2D eigenvalue weighted by Gasteiger charge is -2.38. The van der Waals surface area contributed by atoms with Crippen molar-refractivity contribution in [3.8, 4) is 0 Å². The van der Waals surface area contributed by atoms with Gasteiger partial charge in [0.15, 0.2) is 0 Å². The third kappa shape index (κ3) is 5.78. The van der Waals surface area contributed by atoms with Gasteiger partial charge in [0, 0.05) is 6.61 Å². The molecule has 90 valence electrons. The van der Waals surface area contributed by atoms with Crippen LogP contribution in [0.4, 0.5) is 0 Å². The Hall–Kier alpha value is -0.570. The lowest BCUT2D eigenvalue weighted by molar-refractivity contribution is -0.129. The molecular weight excluding hydrogens is 192 g/mol. The van der Waals surface area contributed by atoms with Crippen molar-refractivity contribution in [1.29, 1.82) is 0 Å². The molecule has 0 spiro atoms. The van der Waals surface area contributed by atoms with E-state index in [0.717, 1.165) is 12.8 Å². The molecule has 3 nitrogen and oxygen atoms in total. The average Bonchev–Trinajstić information content (AvgIpc) is 2.09. The fourth-order valence-corrected chi connectivity index (χ4v) is 0.879. The van der Waals surface area contributed by atoms with E-state index in [2.05, 4.69) is 39.4 Å². The second kappa shape index (κ2) is 6.11. The Morgan fingerprint density at radius 2 is 1.53 bits per heavy atom. The summed E-state index contributed by atoms with van der Waals surface area (Å²) in [6.07, 6.45) is 1.78. The normalized spacial score (nSPS) is 12.6. The SMILES string of the molecule is CC(C)(C)C(C)(C)OCCCCOC=O. The number of carbonyl (C=O) groups is 1. The molecule has 0 saturated carbocycles. The van der Waals surface area contributed by atoms with E-state index in [1.165, 1.54) is 0 Å². The maximum atomic E-state index is 9.87. The van der Waals surface area contributed by atoms with Gasteiger partial charge in [0.05, 0.1) is 12.2 Å². The van der Waals surface area contributed by atoms with Crippen molar-refractivity contribution < 1.29 is 14.3 Å². The molecule has 0 unspecified atom stereocenters. The van der Waals surface area contributed by atoms with E-state index in [0.29, 0.717) is 19.7 Å². The summed E-state index contributed by atoms with van der Waals surface area (Å²) >= 11 is 0. The van der Waals surface area contributed by atoms with Gasteiger partial charge in [-0.25, -0.2) is 0 Å². The molecule has 0 aliphatic carbocycles. The molecular formula is C12H24O3. The summed E-state index contributed by atoms with van der Waals surface area (Å²) in [5.74, 6) is 0. The average molecular weight is 216 g/mol. The number of ether oxygens (including phenoxy) is 2. The number of rotatable bonds is 7. The number of unbranched alkanes of at least 4 members (excludes halogenated alkanes) is 1. The minimum absolute atomic E-state index is 0.126. The third-order valence-corrected chi connectivity index (χ3v) is 2.99. The van der Waals surface area contributed by atoms with Crippen LogP contribution in [0.1, 0.15) is 47.5 Å². The van der Waals surface area contributed by atoms with E-state index in [9.17, 15) is 4.79 Å². The van der Waals surface area contributed by atoms with Gasteiger partial charge in [-0.3, -0.25) is 4.79 Å². The molecule has 0 atom stereocenters. The maximum absolute atomic E-state index is 9.87. The van der Waals surface area contributed by atoms with E-state index >= 15 is 0 Å². The van der Waals surface area contributed by atoms with Gasteiger partial charge in [-0.2, -0.15) is 0 Å². The molecule has 0 aromatic carbocycles. The smallest absolute Gasteiger partial charge is 0.293 e. The highest BCUT2D eigenvalue weighted by Crippen LogP contribution is 2.32. The van der Waals surface area contributed by atoms with Crippen LogP contribution in [0, 0.1) is 5.41 Å². The lowest BCUT2D eigenvalue weighted by atomic mass is 9.79. The van der Waals surface area contributed by atoms with Crippen LogP contribution in [0.25, 0.3) is 0 Å². The van der Waals surface area contributed by atoms with Crippen LogP contribution in [0.5, 0.6) is 0 Å². The van der Waals surface area contributed by atoms with Gasteiger partial charge in [-0.15, -0.1) is 0 Å². The van der Waals surface area contributed by atoms with Gasteiger partial charge in [-0.1, -0.05) is 20.8 Å². The Labute approximate surface area is 93.1 Å². The van der Waals surface area contributed by atoms with E-state index < -0.39 is 0 Å². The van der Waals surface area contributed by atoms with Gasteiger partial charge in [0.2, 0.25) is 0 Å². The van der Waals surface area contributed by atoms with Crippen LogP contribution in [-0.4, -0.2) is 25.3 Å². The molecule has 0 fully saturated rings.